The van der Waals surface area contributed by atoms with Crippen LogP contribution in [-0.2, 0) is 21.6 Å². The molecule has 2 aromatic rings. The molecule has 0 aliphatic carbocycles. The first-order valence-corrected chi connectivity index (χ1v) is 9.69. The number of hydrogen-bond acceptors (Lipinski definition) is 4. The van der Waals surface area contributed by atoms with E-state index in [1.54, 1.807) is 23.9 Å². The van der Waals surface area contributed by atoms with Crippen LogP contribution in [0.3, 0.4) is 0 Å². The van der Waals surface area contributed by atoms with Crippen LogP contribution in [-0.4, -0.2) is 24.7 Å². The van der Waals surface area contributed by atoms with Crippen LogP contribution in [0.2, 0.25) is 0 Å². The Morgan fingerprint density at radius 2 is 1.62 bits per heavy atom. The lowest BCUT2D eigenvalue weighted by Crippen LogP contribution is -2.30. The lowest BCUT2D eigenvalue weighted by Gasteiger charge is -2.19. The van der Waals surface area contributed by atoms with Crippen LogP contribution in [0.1, 0.15) is 42.3 Å². The zero-order valence-corrected chi connectivity index (χ0v) is 16.5. The van der Waals surface area contributed by atoms with E-state index >= 15 is 0 Å². The SMILES string of the molecule is CSc1ccc(COC(=O)CNC(=O)c2ccc(C(C)(C)C)cc2)cc1. The number of esters is 1. The van der Waals surface area contributed by atoms with Crippen LogP contribution in [0.25, 0.3) is 0 Å². The minimum Gasteiger partial charge on any atom is -0.460 e. The highest BCUT2D eigenvalue weighted by atomic mass is 32.2. The fraction of sp³-hybridized carbons (Fsp3) is 0.333. The lowest BCUT2D eigenvalue weighted by molar-refractivity contribution is -0.143. The zero-order valence-electron chi connectivity index (χ0n) is 15.7. The van der Waals surface area contributed by atoms with Gasteiger partial charge in [-0.1, -0.05) is 45.0 Å². The summed E-state index contributed by atoms with van der Waals surface area (Å²) in [6, 6.07) is 15.2. The molecule has 0 unspecified atom stereocenters. The van der Waals surface area contributed by atoms with Gasteiger partial charge < -0.3 is 10.1 Å². The largest absolute Gasteiger partial charge is 0.460 e. The number of nitrogens with one attached hydrogen (secondary N) is 1. The number of hydrogen-bond donors (Lipinski definition) is 1. The summed E-state index contributed by atoms with van der Waals surface area (Å²) in [5.74, 6) is -0.745. The number of benzene rings is 2. The second-order valence-corrected chi connectivity index (χ2v) is 7.90. The van der Waals surface area contributed by atoms with E-state index in [9.17, 15) is 9.59 Å². The van der Waals surface area contributed by atoms with Crippen molar-refractivity contribution >= 4 is 23.6 Å². The predicted octanol–water partition coefficient (Wildman–Crippen LogP) is 4.18. The molecule has 4 nitrogen and oxygen atoms in total. The minimum atomic E-state index is -0.460. The molecular weight excluding hydrogens is 346 g/mol. The average molecular weight is 372 g/mol. The van der Waals surface area contributed by atoms with Gasteiger partial charge in [0.25, 0.3) is 5.91 Å². The van der Waals surface area contributed by atoms with Crippen LogP contribution < -0.4 is 5.32 Å². The highest BCUT2D eigenvalue weighted by Gasteiger charge is 2.14. The summed E-state index contributed by atoms with van der Waals surface area (Å²) in [7, 11) is 0. The van der Waals surface area contributed by atoms with Gasteiger partial charge in [-0.05, 0) is 47.1 Å². The Bertz CT molecular complexity index is 746. The van der Waals surface area contributed by atoms with E-state index in [-0.39, 0.29) is 24.5 Å². The molecule has 26 heavy (non-hydrogen) atoms. The maximum absolute atomic E-state index is 12.1. The van der Waals surface area contributed by atoms with Crippen LogP contribution in [0.5, 0.6) is 0 Å². The molecule has 0 heterocycles. The Labute approximate surface area is 159 Å². The predicted molar refractivity (Wildman–Crippen MR) is 105 cm³/mol. The van der Waals surface area contributed by atoms with Crippen molar-refractivity contribution in [1.29, 1.82) is 0 Å². The molecule has 138 valence electrons. The molecule has 0 bridgehead atoms. The zero-order chi connectivity index (χ0) is 19.2. The van der Waals surface area contributed by atoms with Gasteiger partial charge in [0, 0.05) is 10.5 Å². The van der Waals surface area contributed by atoms with Gasteiger partial charge in [-0.15, -0.1) is 11.8 Å². The fourth-order valence-electron chi connectivity index (χ4n) is 2.31. The highest BCUT2D eigenvalue weighted by Crippen LogP contribution is 2.22. The summed E-state index contributed by atoms with van der Waals surface area (Å²) >= 11 is 1.66. The first-order valence-electron chi connectivity index (χ1n) is 8.47. The quantitative estimate of drug-likeness (QED) is 0.611. The summed E-state index contributed by atoms with van der Waals surface area (Å²) in [6.07, 6.45) is 2.01. The highest BCUT2D eigenvalue weighted by molar-refractivity contribution is 7.98. The molecule has 0 saturated heterocycles. The van der Waals surface area contributed by atoms with Crippen LogP contribution in [0.15, 0.2) is 53.4 Å². The smallest absolute Gasteiger partial charge is 0.325 e. The normalized spacial score (nSPS) is 11.1. The Morgan fingerprint density at radius 3 is 2.15 bits per heavy atom. The van der Waals surface area contributed by atoms with Gasteiger partial charge in [-0.3, -0.25) is 9.59 Å². The van der Waals surface area contributed by atoms with Gasteiger partial charge >= 0.3 is 5.97 Å². The number of carbonyl (C=O) groups excluding carboxylic acids is 2. The molecule has 0 aliphatic heterocycles. The Morgan fingerprint density at radius 1 is 1.00 bits per heavy atom. The van der Waals surface area contributed by atoms with Gasteiger partial charge in [-0.2, -0.15) is 0 Å². The molecule has 0 fully saturated rings. The topological polar surface area (TPSA) is 55.4 Å². The van der Waals surface area contributed by atoms with Crippen molar-refractivity contribution in [3.8, 4) is 0 Å². The monoisotopic (exact) mass is 371 g/mol. The first-order chi connectivity index (χ1) is 12.3. The van der Waals surface area contributed by atoms with Crippen molar-refractivity contribution in [2.75, 3.05) is 12.8 Å². The van der Waals surface area contributed by atoms with Gasteiger partial charge in [0.1, 0.15) is 13.2 Å². The summed E-state index contributed by atoms with van der Waals surface area (Å²) in [4.78, 5) is 25.1. The van der Waals surface area contributed by atoms with Gasteiger partial charge in [-0.25, -0.2) is 0 Å². The third-order valence-corrected chi connectivity index (χ3v) is 4.71. The lowest BCUT2D eigenvalue weighted by atomic mass is 9.87. The van der Waals surface area contributed by atoms with E-state index < -0.39 is 5.97 Å². The molecule has 0 radical (unpaired) electrons. The van der Waals surface area contributed by atoms with E-state index in [0.717, 1.165) is 16.0 Å². The molecule has 0 spiro atoms. The third-order valence-electron chi connectivity index (χ3n) is 3.97. The number of thioether (sulfide) groups is 1. The summed E-state index contributed by atoms with van der Waals surface area (Å²) < 4.78 is 5.19. The average Bonchev–Trinajstić information content (AvgIpc) is 2.64. The van der Waals surface area contributed by atoms with Crippen LogP contribution in [0, 0.1) is 0 Å². The van der Waals surface area contributed by atoms with Crippen LogP contribution in [0.4, 0.5) is 0 Å². The van der Waals surface area contributed by atoms with Crippen molar-refractivity contribution in [3.05, 3.63) is 65.2 Å². The molecule has 1 N–H and O–H groups in total. The maximum atomic E-state index is 12.1. The second kappa shape index (κ2) is 8.90. The van der Waals surface area contributed by atoms with Crippen LogP contribution >= 0.6 is 11.8 Å². The number of rotatable bonds is 6. The van der Waals surface area contributed by atoms with E-state index in [2.05, 4.69) is 26.1 Å². The van der Waals surface area contributed by atoms with Gasteiger partial charge in [0.15, 0.2) is 0 Å². The number of ether oxygens (including phenoxy) is 1. The van der Waals surface area contributed by atoms with E-state index in [4.69, 9.17) is 4.74 Å². The fourth-order valence-corrected chi connectivity index (χ4v) is 2.72. The number of carbonyl (C=O) groups is 2. The summed E-state index contributed by atoms with van der Waals surface area (Å²) in [5.41, 5.74) is 2.63. The van der Waals surface area contributed by atoms with Crippen molar-refractivity contribution in [2.24, 2.45) is 0 Å². The number of amides is 1. The minimum absolute atomic E-state index is 0.0346. The standard InChI is InChI=1S/C21H25NO3S/c1-21(2,3)17-9-7-16(8-10-17)20(24)22-13-19(23)25-14-15-5-11-18(26-4)12-6-15/h5-12H,13-14H2,1-4H3,(H,22,24). The molecule has 0 saturated carbocycles. The maximum Gasteiger partial charge on any atom is 0.325 e. The van der Waals surface area contributed by atoms with E-state index in [1.165, 1.54) is 0 Å². The Kier molecular flexibility index (Phi) is 6.86. The van der Waals surface area contributed by atoms with Crippen molar-refractivity contribution in [3.63, 3.8) is 0 Å². The van der Waals surface area contributed by atoms with E-state index in [1.807, 2.05) is 42.7 Å². The molecule has 5 heteroatoms. The summed E-state index contributed by atoms with van der Waals surface area (Å²) in [5, 5.41) is 2.59. The molecule has 1 amide bonds. The molecule has 0 aromatic heterocycles. The molecule has 0 atom stereocenters. The Balaban J connectivity index is 1.79. The second-order valence-electron chi connectivity index (χ2n) is 7.02. The van der Waals surface area contributed by atoms with Gasteiger partial charge in [0.05, 0.1) is 0 Å². The molecule has 2 rings (SSSR count). The van der Waals surface area contributed by atoms with E-state index in [0.29, 0.717) is 5.56 Å². The van der Waals surface area contributed by atoms with Gasteiger partial charge in [0.2, 0.25) is 0 Å². The van der Waals surface area contributed by atoms with Crippen molar-refractivity contribution in [1.82, 2.24) is 5.32 Å². The molecule has 0 aliphatic rings. The molecule has 2 aromatic carbocycles. The Hall–Kier alpha value is -2.27. The molecular formula is C21H25NO3S. The first kappa shape index (κ1) is 20.0. The van der Waals surface area contributed by atoms with Crippen molar-refractivity contribution in [2.45, 2.75) is 37.7 Å². The summed E-state index contributed by atoms with van der Waals surface area (Å²) in [6.45, 7) is 6.40. The third kappa shape index (κ3) is 5.92. The van der Waals surface area contributed by atoms with Crippen molar-refractivity contribution < 1.29 is 14.3 Å².